The zero-order valence-corrected chi connectivity index (χ0v) is 15.8. The second-order valence-electron chi connectivity index (χ2n) is 7.83. The molecule has 1 heterocycles. The number of likely N-dealkylation sites (tertiary alicyclic amines) is 1. The number of ether oxygens (including phenoxy) is 1. The van der Waals surface area contributed by atoms with E-state index in [1.54, 1.807) is 7.11 Å². The molecule has 2 aliphatic rings. The van der Waals surface area contributed by atoms with Crippen molar-refractivity contribution in [3.63, 3.8) is 0 Å². The molecule has 2 aromatic rings. The molecule has 4 nitrogen and oxygen atoms in total. The van der Waals surface area contributed by atoms with E-state index in [9.17, 15) is 9.90 Å². The molecule has 2 fully saturated rings. The van der Waals surface area contributed by atoms with Crippen LogP contribution in [-0.4, -0.2) is 48.3 Å². The van der Waals surface area contributed by atoms with Gasteiger partial charge in [0.2, 0.25) is 5.91 Å². The van der Waals surface area contributed by atoms with E-state index in [1.165, 1.54) is 5.56 Å². The summed E-state index contributed by atoms with van der Waals surface area (Å²) in [4.78, 5) is 14.6. The topological polar surface area (TPSA) is 49.8 Å². The average Bonchev–Trinajstić information content (AvgIpc) is 2.73. The number of nitrogens with zero attached hydrogens (tertiary/aromatic N) is 1. The summed E-state index contributed by atoms with van der Waals surface area (Å²) >= 11 is 0. The Labute approximate surface area is 160 Å². The molecule has 0 aromatic heterocycles. The van der Waals surface area contributed by atoms with E-state index < -0.39 is 0 Å². The summed E-state index contributed by atoms with van der Waals surface area (Å²) in [6.45, 7) is 1.41. The first-order valence-electron chi connectivity index (χ1n) is 9.75. The third-order valence-corrected chi connectivity index (χ3v) is 6.49. The van der Waals surface area contributed by atoms with Gasteiger partial charge in [-0.1, -0.05) is 54.6 Å². The number of amides is 1. The van der Waals surface area contributed by atoms with E-state index in [0.29, 0.717) is 19.5 Å². The van der Waals surface area contributed by atoms with Crippen molar-refractivity contribution in [3.05, 3.63) is 60.2 Å². The Morgan fingerprint density at radius 3 is 2.30 bits per heavy atom. The molecule has 1 N–H and O–H groups in total. The van der Waals surface area contributed by atoms with Gasteiger partial charge in [0, 0.05) is 32.0 Å². The molecule has 1 aliphatic carbocycles. The first-order valence-corrected chi connectivity index (χ1v) is 9.75. The van der Waals surface area contributed by atoms with Gasteiger partial charge in [-0.2, -0.15) is 0 Å². The first-order chi connectivity index (χ1) is 13.1. The van der Waals surface area contributed by atoms with Crippen molar-refractivity contribution in [3.8, 4) is 11.1 Å². The lowest BCUT2D eigenvalue weighted by Crippen LogP contribution is -2.62. The number of methoxy groups -OCH3 is 1. The van der Waals surface area contributed by atoms with Crippen LogP contribution in [0.2, 0.25) is 0 Å². The van der Waals surface area contributed by atoms with Crippen molar-refractivity contribution in [2.75, 3.05) is 20.2 Å². The molecule has 2 aromatic carbocycles. The molecule has 1 saturated heterocycles. The third-order valence-electron chi connectivity index (χ3n) is 6.49. The van der Waals surface area contributed by atoms with E-state index in [4.69, 9.17) is 4.74 Å². The van der Waals surface area contributed by atoms with Crippen LogP contribution in [-0.2, 0) is 16.0 Å². The van der Waals surface area contributed by atoms with Crippen LogP contribution >= 0.6 is 0 Å². The van der Waals surface area contributed by atoms with Gasteiger partial charge < -0.3 is 14.7 Å². The van der Waals surface area contributed by atoms with E-state index in [-0.39, 0.29) is 23.5 Å². The van der Waals surface area contributed by atoms with E-state index in [0.717, 1.165) is 30.4 Å². The lowest BCUT2D eigenvalue weighted by atomic mass is 9.58. The van der Waals surface area contributed by atoms with Gasteiger partial charge in [0.1, 0.15) is 0 Å². The molecule has 4 heteroatoms. The van der Waals surface area contributed by atoms with Crippen LogP contribution in [0, 0.1) is 5.41 Å². The summed E-state index contributed by atoms with van der Waals surface area (Å²) in [6, 6.07) is 18.5. The highest BCUT2D eigenvalue weighted by atomic mass is 16.5. The largest absolute Gasteiger partial charge is 0.392 e. The summed E-state index contributed by atoms with van der Waals surface area (Å²) in [6.07, 6.45) is 2.65. The summed E-state index contributed by atoms with van der Waals surface area (Å²) in [5.74, 6) is 0.167. The molecule has 2 atom stereocenters. The minimum atomic E-state index is -0.287. The standard InChI is InChI=1S/C23H27NO3/c1-27-21-16-20(25)23(21)11-13-24(14-12-23)22(26)15-17-7-9-19(10-8-17)18-5-3-2-4-6-18/h2-10,20-21,25H,11-16H2,1H3/t20-,21+/m1/s1. The van der Waals surface area contributed by atoms with Crippen molar-refractivity contribution in [2.24, 2.45) is 5.41 Å². The molecule has 0 unspecified atom stereocenters. The molecular formula is C23H27NO3. The molecule has 1 spiro atoms. The Morgan fingerprint density at radius 1 is 1.07 bits per heavy atom. The summed E-state index contributed by atoms with van der Waals surface area (Å²) < 4.78 is 5.53. The maximum Gasteiger partial charge on any atom is 0.226 e. The molecular weight excluding hydrogens is 338 g/mol. The van der Waals surface area contributed by atoms with Crippen LogP contribution in [0.25, 0.3) is 11.1 Å². The van der Waals surface area contributed by atoms with Crippen LogP contribution in [0.4, 0.5) is 0 Å². The quantitative estimate of drug-likeness (QED) is 0.905. The molecule has 0 radical (unpaired) electrons. The van der Waals surface area contributed by atoms with Crippen LogP contribution in [0.3, 0.4) is 0 Å². The van der Waals surface area contributed by atoms with Crippen molar-refractivity contribution in [2.45, 2.75) is 37.9 Å². The molecule has 4 rings (SSSR count). The predicted octanol–water partition coefficient (Wildman–Crippen LogP) is 3.28. The third kappa shape index (κ3) is 3.40. The SMILES string of the molecule is CO[C@H]1C[C@@H](O)C12CCN(C(=O)Cc1ccc(-c3ccccc3)cc1)CC2. The number of carbonyl (C=O) groups is 1. The number of aliphatic hydroxyl groups is 1. The Bertz CT molecular complexity index is 779. The van der Waals surface area contributed by atoms with Crippen LogP contribution in [0.5, 0.6) is 0 Å². The highest BCUT2D eigenvalue weighted by Gasteiger charge is 2.56. The van der Waals surface area contributed by atoms with Gasteiger partial charge in [-0.25, -0.2) is 0 Å². The number of carbonyl (C=O) groups excluding carboxylic acids is 1. The van der Waals surface area contributed by atoms with Crippen LogP contribution in [0.1, 0.15) is 24.8 Å². The monoisotopic (exact) mass is 365 g/mol. The molecule has 0 bridgehead atoms. The molecule has 1 saturated carbocycles. The molecule has 142 valence electrons. The molecule has 1 aliphatic heterocycles. The zero-order valence-electron chi connectivity index (χ0n) is 15.8. The fourth-order valence-corrected chi connectivity index (χ4v) is 4.62. The smallest absolute Gasteiger partial charge is 0.226 e. The van der Waals surface area contributed by atoms with Gasteiger partial charge in [-0.05, 0) is 29.5 Å². The Balaban J connectivity index is 1.35. The summed E-state index contributed by atoms with van der Waals surface area (Å²) in [5, 5.41) is 10.2. The fraction of sp³-hybridized carbons (Fsp3) is 0.435. The maximum absolute atomic E-state index is 12.7. The molecule has 1 amide bonds. The Kier molecular flexibility index (Phi) is 5.02. The van der Waals surface area contributed by atoms with E-state index in [1.807, 2.05) is 35.2 Å². The van der Waals surface area contributed by atoms with Crippen LogP contribution < -0.4 is 0 Å². The van der Waals surface area contributed by atoms with Gasteiger partial charge in [-0.15, -0.1) is 0 Å². The van der Waals surface area contributed by atoms with Crippen molar-refractivity contribution in [1.82, 2.24) is 4.90 Å². The maximum atomic E-state index is 12.7. The van der Waals surface area contributed by atoms with Crippen molar-refractivity contribution < 1.29 is 14.6 Å². The lowest BCUT2D eigenvalue weighted by Gasteiger charge is -2.56. The van der Waals surface area contributed by atoms with Gasteiger partial charge in [0.15, 0.2) is 0 Å². The number of hydrogen-bond acceptors (Lipinski definition) is 3. The average molecular weight is 365 g/mol. The van der Waals surface area contributed by atoms with Crippen LogP contribution in [0.15, 0.2) is 54.6 Å². The fourth-order valence-electron chi connectivity index (χ4n) is 4.62. The predicted molar refractivity (Wildman–Crippen MR) is 105 cm³/mol. The van der Waals surface area contributed by atoms with Gasteiger partial charge in [0.25, 0.3) is 0 Å². The number of aliphatic hydroxyl groups excluding tert-OH is 1. The van der Waals surface area contributed by atoms with Gasteiger partial charge >= 0.3 is 0 Å². The Hall–Kier alpha value is -2.17. The van der Waals surface area contributed by atoms with Gasteiger partial charge in [0.05, 0.1) is 18.6 Å². The Morgan fingerprint density at radius 2 is 1.70 bits per heavy atom. The van der Waals surface area contributed by atoms with E-state index >= 15 is 0 Å². The number of benzene rings is 2. The second kappa shape index (κ2) is 7.45. The zero-order chi connectivity index (χ0) is 18.9. The lowest BCUT2D eigenvalue weighted by molar-refractivity contribution is -0.202. The second-order valence-corrected chi connectivity index (χ2v) is 7.83. The van der Waals surface area contributed by atoms with Crippen molar-refractivity contribution in [1.29, 1.82) is 0 Å². The van der Waals surface area contributed by atoms with Crippen molar-refractivity contribution >= 4 is 5.91 Å². The minimum absolute atomic E-state index is 0.135. The minimum Gasteiger partial charge on any atom is -0.392 e. The normalized spacial score (nSPS) is 23.9. The van der Waals surface area contributed by atoms with E-state index in [2.05, 4.69) is 24.3 Å². The summed E-state index contributed by atoms with van der Waals surface area (Å²) in [5.41, 5.74) is 3.25. The number of hydrogen-bond donors (Lipinski definition) is 1. The highest BCUT2D eigenvalue weighted by molar-refractivity contribution is 5.79. The summed E-state index contributed by atoms with van der Waals surface area (Å²) in [7, 11) is 1.72. The first kappa shape index (κ1) is 18.2. The van der Waals surface area contributed by atoms with Gasteiger partial charge in [-0.3, -0.25) is 4.79 Å². The number of rotatable bonds is 4. The molecule has 27 heavy (non-hydrogen) atoms. The number of piperidine rings is 1. The highest BCUT2D eigenvalue weighted by Crippen LogP contribution is 2.50.